The van der Waals surface area contributed by atoms with Crippen LogP contribution in [0.1, 0.15) is 69.5 Å². The van der Waals surface area contributed by atoms with E-state index in [0.29, 0.717) is 30.2 Å². The van der Waals surface area contributed by atoms with Crippen LogP contribution in [0.15, 0.2) is 5.16 Å². The number of amides is 2. The molecular formula is C19H29N5O2S. The molecule has 1 aromatic heterocycles. The summed E-state index contributed by atoms with van der Waals surface area (Å²) in [6.45, 7) is 1.39. The van der Waals surface area contributed by atoms with Gasteiger partial charge in [-0.2, -0.15) is 0 Å². The second-order valence-corrected chi connectivity index (χ2v) is 9.06. The maximum Gasteiger partial charge on any atom is 0.233 e. The van der Waals surface area contributed by atoms with E-state index < -0.39 is 0 Å². The Bertz CT molecular complexity index is 700. The molecule has 1 saturated heterocycles. The fraction of sp³-hybridized carbons (Fsp3) is 0.789. The number of hydrogen-bond acceptors (Lipinski definition) is 5. The lowest BCUT2D eigenvalue weighted by Gasteiger charge is -2.44. The molecule has 1 aliphatic heterocycles. The molecule has 2 saturated carbocycles. The number of nitrogens with zero attached hydrogens (tertiary/aromatic N) is 4. The molecule has 27 heavy (non-hydrogen) atoms. The first kappa shape index (κ1) is 18.8. The molecule has 7 nitrogen and oxygen atoms in total. The van der Waals surface area contributed by atoms with E-state index in [1.165, 1.54) is 37.4 Å². The van der Waals surface area contributed by atoms with Gasteiger partial charge in [0, 0.05) is 31.5 Å². The average molecular weight is 392 g/mol. The number of thioether (sulfide) groups is 1. The van der Waals surface area contributed by atoms with Gasteiger partial charge in [0.05, 0.1) is 5.75 Å². The lowest BCUT2D eigenvalue weighted by atomic mass is 9.78. The number of carbonyl (C=O) groups is 2. The minimum Gasteiger partial charge on any atom is -0.370 e. The summed E-state index contributed by atoms with van der Waals surface area (Å²) in [7, 11) is 0. The van der Waals surface area contributed by atoms with Gasteiger partial charge in [0.25, 0.3) is 0 Å². The van der Waals surface area contributed by atoms with Gasteiger partial charge >= 0.3 is 0 Å². The Labute approximate surface area is 164 Å². The molecule has 148 valence electrons. The van der Waals surface area contributed by atoms with E-state index in [1.807, 2.05) is 4.57 Å². The van der Waals surface area contributed by atoms with Crippen molar-refractivity contribution < 1.29 is 9.59 Å². The van der Waals surface area contributed by atoms with E-state index in [9.17, 15) is 9.59 Å². The number of fused-ring (bicyclic) bond motifs is 1. The molecule has 0 spiro atoms. The highest BCUT2D eigenvalue weighted by Gasteiger charge is 2.36. The second kappa shape index (κ2) is 8.20. The Kier molecular flexibility index (Phi) is 5.71. The van der Waals surface area contributed by atoms with E-state index in [4.69, 9.17) is 5.73 Å². The number of nitrogens with two attached hydrogens (primary N) is 1. The fourth-order valence-corrected chi connectivity index (χ4v) is 5.48. The largest absolute Gasteiger partial charge is 0.370 e. The van der Waals surface area contributed by atoms with Gasteiger partial charge in [0.15, 0.2) is 5.16 Å². The molecule has 2 atom stereocenters. The average Bonchev–Trinajstić information content (AvgIpc) is 3.44. The molecule has 0 bridgehead atoms. The van der Waals surface area contributed by atoms with Gasteiger partial charge in [0.2, 0.25) is 11.8 Å². The SMILES string of the molecule is NC(=O)CCn1c(SCC(=O)N2CCCC3CCCCC32)nnc1C1CC1. The maximum absolute atomic E-state index is 12.9. The zero-order valence-electron chi connectivity index (χ0n) is 15.8. The number of hydrogen-bond donors (Lipinski definition) is 1. The van der Waals surface area contributed by atoms with Crippen LogP contribution >= 0.6 is 11.8 Å². The third-order valence-electron chi connectivity index (χ3n) is 6.16. The van der Waals surface area contributed by atoms with Crippen LogP contribution in [0.2, 0.25) is 0 Å². The van der Waals surface area contributed by atoms with E-state index in [-0.39, 0.29) is 18.2 Å². The van der Waals surface area contributed by atoms with Crippen molar-refractivity contribution >= 4 is 23.6 Å². The van der Waals surface area contributed by atoms with Gasteiger partial charge in [0.1, 0.15) is 5.82 Å². The van der Waals surface area contributed by atoms with Gasteiger partial charge in [-0.1, -0.05) is 24.6 Å². The number of likely N-dealkylation sites (tertiary alicyclic amines) is 1. The van der Waals surface area contributed by atoms with Gasteiger partial charge in [-0.25, -0.2) is 0 Å². The first-order valence-corrected chi connectivity index (χ1v) is 11.3. The van der Waals surface area contributed by atoms with E-state index in [0.717, 1.165) is 43.2 Å². The molecule has 2 unspecified atom stereocenters. The molecule has 1 aromatic rings. The molecule has 3 fully saturated rings. The van der Waals surface area contributed by atoms with Crippen LogP contribution in [-0.4, -0.2) is 49.8 Å². The molecule has 3 aliphatic rings. The summed E-state index contributed by atoms with van der Waals surface area (Å²) >= 11 is 1.45. The van der Waals surface area contributed by atoms with Crippen molar-refractivity contribution in [2.24, 2.45) is 11.7 Å². The van der Waals surface area contributed by atoms with Crippen molar-refractivity contribution in [3.05, 3.63) is 5.82 Å². The summed E-state index contributed by atoms with van der Waals surface area (Å²) < 4.78 is 2.00. The number of primary amides is 1. The Balaban J connectivity index is 1.40. The summed E-state index contributed by atoms with van der Waals surface area (Å²) in [5.41, 5.74) is 5.32. The predicted octanol–water partition coefficient (Wildman–Crippen LogP) is 2.30. The first-order valence-electron chi connectivity index (χ1n) is 10.3. The van der Waals surface area contributed by atoms with E-state index >= 15 is 0 Å². The molecule has 0 radical (unpaired) electrons. The number of aromatic nitrogens is 3. The first-order chi connectivity index (χ1) is 13.1. The van der Waals surface area contributed by atoms with Gasteiger partial charge in [-0.05, 0) is 44.4 Å². The van der Waals surface area contributed by atoms with Crippen molar-refractivity contribution in [2.75, 3.05) is 12.3 Å². The topological polar surface area (TPSA) is 94.1 Å². The third-order valence-corrected chi connectivity index (χ3v) is 7.11. The van der Waals surface area contributed by atoms with Crippen molar-refractivity contribution in [2.45, 2.75) is 81.4 Å². The predicted molar refractivity (Wildman–Crippen MR) is 103 cm³/mol. The number of rotatable bonds is 7. The lowest BCUT2D eigenvalue weighted by molar-refractivity contribution is -0.134. The third kappa shape index (κ3) is 4.31. The zero-order chi connectivity index (χ0) is 18.8. The van der Waals surface area contributed by atoms with E-state index in [1.54, 1.807) is 0 Å². The van der Waals surface area contributed by atoms with Crippen LogP contribution in [0.5, 0.6) is 0 Å². The van der Waals surface area contributed by atoms with Gasteiger partial charge in [-0.15, -0.1) is 10.2 Å². The molecular weight excluding hydrogens is 362 g/mol. The summed E-state index contributed by atoms with van der Waals surface area (Å²) in [4.78, 5) is 26.3. The van der Waals surface area contributed by atoms with Crippen LogP contribution in [0.25, 0.3) is 0 Å². The van der Waals surface area contributed by atoms with E-state index in [2.05, 4.69) is 15.1 Å². The quantitative estimate of drug-likeness (QED) is 0.720. The number of piperidine rings is 1. The van der Waals surface area contributed by atoms with Gasteiger partial charge < -0.3 is 15.2 Å². The summed E-state index contributed by atoms with van der Waals surface area (Å²) in [5, 5.41) is 9.37. The molecule has 4 rings (SSSR count). The molecule has 2 amide bonds. The van der Waals surface area contributed by atoms with Crippen molar-refractivity contribution in [1.82, 2.24) is 19.7 Å². The molecule has 0 aromatic carbocycles. The Morgan fingerprint density at radius 2 is 1.85 bits per heavy atom. The summed E-state index contributed by atoms with van der Waals surface area (Å²) in [6, 6.07) is 0.440. The fourth-order valence-electron chi connectivity index (χ4n) is 4.63. The minimum atomic E-state index is -0.325. The van der Waals surface area contributed by atoms with Crippen LogP contribution in [0.4, 0.5) is 0 Å². The molecule has 2 N–H and O–H groups in total. The summed E-state index contributed by atoms with van der Waals surface area (Å²) in [5.74, 6) is 2.37. The smallest absolute Gasteiger partial charge is 0.233 e. The lowest BCUT2D eigenvalue weighted by Crippen LogP contribution is -2.50. The monoisotopic (exact) mass is 391 g/mol. The van der Waals surface area contributed by atoms with Crippen LogP contribution in [0.3, 0.4) is 0 Å². The van der Waals surface area contributed by atoms with Crippen molar-refractivity contribution in [1.29, 1.82) is 0 Å². The van der Waals surface area contributed by atoms with Crippen LogP contribution < -0.4 is 5.73 Å². The molecule has 8 heteroatoms. The minimum absolute atomic E-state index is 0.217. The van der Waals surface area contributed by atoms with Crippen molar-refractivity contribution in [3.8, 4) is 0 Å². The Morgan fingerprint density at radius 3 is 2.63 bits per heavy atom. The van der Waals surface area contributed by atoms with Crippen molar-refractivity contribution in [3.63, 3.8) is 0 Å². The Hall–Kier alpha value is -1.57. The molecule has 2 aliphatic carbocycles. The summed E-state index contributed by atoms with van der Waals surface area (Å²) in [6.07, 6.45) is 9.88. The number of carbonyl (C=O) groups excluding carboxylic acids is 2. The molecule has 2 heterocycles. The highest BCUT2D eigenvalue weighted by Crippen LogP contribution is 2.40. The van der Waals surface area contributed by atoms with Crippen LogP contribution in [0, 0.1) is 5.92 Å². The normalized spacial score (nSPS) is 25.3. The Morgan fingerprint density at radius 1 is 1.07 bits per heavy atom. The van der Waals surface area contributed by atoms with Gasteiger partial charge in [-0.3, -0.25) is 9.59 Å². The highest BCUT2D eigenvalue weighted by atomic mass is 32.2. The zero-order valence-corrected chi connectivity index (χ0v) is 16.6. The van der Waals surface area contributed by atoms with Crippen LogP contribution in [-0.2, 0) is 16.1 Å². The highest BCUT2D eigenvalue weighted by molar-refractivity contribution is 7.99. The second-order valence-electron chi connectivity index (χ2n) is 8.11. The standard InChI is InChI=1S/C19H29N5O2S/c20-16(25)9-11-24-18(14-7-8-14)21-22-19(24)27-12-17(26)23-10-3-5-13-4-1-2-6-15(13)23/h13-15H,1-12H2,(H2,20,25). The maximum atomic E-state index is 12.9.